The summed E-state index contributed by atoms with van der Waals surface area (Å²) >= 11 is 0. The molecule has 134 valence electrons. The lowest BCUT2D eigenvalue weighted by atomic mass is 10.1. The Morgan fingerprint density at radius 3 is 2.88 bits per heavy atom. The summed E-state index contributed by atoms with van der Waals surface area (Å²) in [4.78, 5) is 20.4. The first kappa shape index (κ1) is 16.3. The van der Waals surface area contributed by atoms with Gasteiger partial charge in [0, 0.05) is 5.56 Å². The van der Waals surface area contributed by atoms with Crippen molar-refractivity contribution in [2.45, 2.75) is 13.0 Å². The van der Waals surface area contributed by atoms with Gasteiger partial charge in [0.1, 0.15) is 19.0 Å². The number of benzene rings is 2. The lowest BCUT2D eigenvalue weighted by Gasteiger charge is -2.21. The van der Waals surface area contributed by atoms with Crippen LogP contribution in [-0.2, 0) is 0 Å². The van der Waals surface area contributed by atoms with E-state index >= 15 is 0 Å². The zero-order valence-electron chi connectivity index (χ0n) is 14.5. The minimum Gasteiger partial charge on any atom is -0.493 e. The summed E-state index contributed by atoms with van der Waals surface area (Å²) < 4.78 is 16.5. The van der Waals surface area contributed by atoms with Gasteiger partial charge in [-0.2, -0.15) is 0 Å². The van der Waals surface area contributed by atoms with Gasteiger partial charge in [0.25, 0.3) is 5.91 Å². The van der Waals surface area contributed by atoms with E-state index in [1.807, 2.05) is 31.2 Å². The molecule has 4 rings (SSSR count). The van der Waals surface area contributed by atoms with Gasteiger partial charge in [-0.25, -0.2) is 4.98 Å². The van der Waals surface area contributed by atoms with Crippen LogP contribution in [0.2, 0.25) is 0 Å². The number of ether oxygens (including phenoxy) is 3. The van der Waals surface area contributed by atoms with E-state index in [0.29, 0.717) is 41.9 Å². The Balaban J connectivity index is 1.57. The number of carbonyl (C=O) groups excluding carboxylic acids is 1. The minimum absolute atomic E-state index is 0.242. The number of amides is 1. The van der Waals surface area contributed by atoms with E-state index in [1.54, 1.807) is 12.1 Å². The van der Waals surface area contributed by atoms with Crippen LogP contribution >= 0.6 is 0 Å². The molecule has 0 aliphatic carbocycles. The van der Waals surface area contributed by atoms with Crippen LogP contribution < -0.4 is 19.5 Å². The van der Waals surface area contributed by atoms with E-state index in [4.69, 9.17) is 14.2 Å². The third-order valence-electron chi connectivity index (χ3n) is 4.26. The molecule has 26 heavy (non-hydrogen) atoms. The van der Waals surface area contributed by atoms with E-state index < -0.39 is 0 Å². The summed E-state index contributed by atoms with van der Waals surface area (Å²) in [5.41, 5.74) is 2.24. The molecule has 7 nitrogen and oxygen atoms in total. The molecule has 2 heterocycles. The van der Waals surface area contributed by atoms with Crippen LogP contribution in [0, 0.1) is 0 Å². The highest BCUT2D eigenvalue weighted by molar-refractivity contribution is 5.96. The highest BCUT2D eigenvalue weighted by atomic mass is 16.6. The Hall–Kier alpha value is -3.22. The van der Waals surface area contributed by atoms with Crippen molar-refractivity contribution in [3.05, 3.63) is 47.8 Å². The van der Waals surface area contributed by atoms with Gasteiger partial charge >= 0.3 is 0 Å². The van der Waals surface area contributed by atoms with Crippen molar-refractivity contribution in [1.29, 1.82) is 0 Å². The van der Waals surface area contributed by atoms with Crippen LogP contribution in [0.3, 0.4) is 0 Å². The number of hydrogen-bond acceptors (Lipinski definition) is 5. The van der Waals surface area contributed by atoms with Crippen molar-refractivity contribution in [1.82, 2.24) is 15.3 Å². The lowest BCUT2D eigenvalue weighted by Crippen LogP contribution is -2.27. The van der Waals surface area contributed by atoms with Crippen molar-refractivity contribution in [2.75, 3.05) is 20.3 Å². The van der Waals surface area contributed by atoms with Crippen molar-refractivity contribution in [2.24, 2.45) is 0 Å². The third-order valence-corrected chi connectivity index (χ3v) is 4.26. The van der Waals surface area contributed by atoms with Crippen molar-refractivity contribution < 1.29 is 19.0 Å². The maximum absolute atomic E-state index is 12.7. The van der Waals surface area contributed by atoms with Crippen LogP contribution in [0.25, 0.3) is 11.0 Å². The van der Waals surface area contributed by atoms with E-state index in [2.05, 4.69) is 15.3 Å². The average molecular weight is 353 g/mol. The minimum atomic E-state index is -0.283. The molecule has 1 atom stereocenters. The smallest absolute Gasteiger partial charge is 0.252 e. The standard InChI is InChI=1S/C19H19N3O4/c1-11(18-21-13-5-3-4-6-14(13)22-18)20-19(23)12-9-15(24-2)17-16(10-12)25-7-8-26-17/h3-6,9-11H,7-8H2,1-2H3,(H,20,23)(H,21,22). The Labute approximate surface area is 150 Å². The number of nitrogens with zero attached hydrogens (tertiary/aromatic N) is 1. The number of aromatic amines is 1. The first-order valence-corrected chi connectivity index (χ1v) is 8.39. The molecule has 1 aliphatic rings. The number of carbonyl (C=O) groups is 1. The van der Waals surface area contributed by atoms with Crippen LogP contribution in [0.15, 0.2) is 36.4 Å². The van der Waals surface area contributed by atoms with Crippen LogP contribution in [0.4, 0.5) is 0 Å². The summed E-state index contributed by atoms with van der Waals surface area (Å²) in [5.74, 6) is 1.97. The second-order valence-corrected chi connectivity index (χ2v) is 6.04. The number of imidazole rings is 1. The monoisotopic (exact) mass is 353 g/mol. The number of nitrogens with one attached hydrogen (secondary N) is 2. The van der Waals surface area contributed by atoms with E-state index in [0.717, 1.165) is 11.0 Å². The molecular formula is C19H19N3O4. The third kappa shape index (κ3) is 2.92. The molecule has 2 N–H and O–H groups in total. The van der Waals surface area contributed by atoms with Crippen molar-refractivity contribution in [3.63, 3.8) is 0 Å². The molecule has 3 aromatic rings. The normalized spacial score (nSPS) is 14.1. The second-order valence-electron chi connectivity index (χ2n) is 6.04. The fourth-order valence-corrected chi connectivity index (χ4v) is 2.93. The van der Waals surface area contributed by atoms with Crippen LogP contribution in [0.5, 0.6) is 17.2 Å². The van der Waals surface area contributed by atoms with Gasteiger partial charge < -0.3 is 24.5 Å². The summed E-state index contributed by atoms with van der Waals surface area (Å²) in [6.07, 6.45) is 0. The number of para-hydroxylation sites is 2. The molecule has 1 unspecified atom stereocenters. The number of H-pyrrole nitrogens is 1. The van der Waals surface area contributed by atoms with Gasteiger partial charge in [0.05, 0.1) is 24.2 Å². The number of rotatable bonds is 4. The maximum Gasteiger partial charge on any atom is 0.252 e. The molecule has 1 aromatic heterocycles. The van der Waals surface area contributed by atoms with Gasteiger partial charge in [-0.1, -0.05) is 12.1 Å². The zero-order valence-corrected chi connectivity index (χ0v) is 14.5. The second kappa shape index (κ2) is 6.59. The molecule has 0 fully saturated rings. The quantitative estimate of drug-likeness (QED) is 0.753. The average Bonchev–Trinajstić information content (AvgIpc) is 3.11. The van der Waals surface area contributed by atoms with E-state index in [9.17, 15) is 4.79 Å². The molecule has 0 saturated heterocycles. The summed E-state index contributed by atoms with van der Waals surface area (Å²) in [5, 5.41) is 2.95. The molecule has 7 heteroatoms. The van der Waals surface area contributed by atoms with Crippen LogP contribution in [-0.4, -0.2) is 36.2 Å². The first-order chi connectivity index (χ1) is 12.7. The lowest BCUT2D eigenvalue weighted by molar-refractivity contribution is 0.0936. The van der Waals surface area contributed by atoms with Gasteiger partial charge in [-0.3, -0.25) is 4.79 Å². The predicted molar refractivity (Wildman–Crippen MR) is 96.0 cm³/mol. The van der Waals surface area contributed by atoms with Crippen LogP contribution in [0.1, 0.15) is 29.1 Å². The Kier molecular flexibility index (Phi) is 4.12. The Morgan fingerprint density at radius 2 is 2.08 bits per heavy atom. The number of aromatic nitrogens is 2. The topological polar surface area (TPSA) is 85.5 Å². The highest BCUT2D eigenvalue weighted by Crippen LogP contribution is 2.40. The molecular weight excluding hydrogens is 334 g/mol. The summed E-state index contributed by atoms with van der Waals surface area (Å²) in [6, 6.07) is 10.8. The number of hydrogen-bond donors (Lipinski definition) is 2. The van der Waals surface area contributed by atoms with Gasteiger partial charge in [-0.05, 0) is 31.2 Å². The summed E-state index contributed by atoms with van der Waals surface area (Å²) in [7, 11) is 1.53. The van der Waals surface area contributed by atoms with Gasteiger partial charge in [-0.15, -0.1) is 0 Å². The Morgan fingerprint density at radius 1 is 1.27 bits per heavy atom. The number of fused-ring (bicyclic) bond motifs is 2. The molecule has 0 spiro atoms. The molecule has 2 aromatic carbocycles. The van der Waals surface area contributed by atoms with Gasteiger partial charge in [0.15, 0.2) is 11.5 Å². The number of methoxy groups -OCH3 is 1. The largest absolute Gasteiger partial charge is 0.493 e. The Bertz CT molecular complexity index is 916. The molecule has 0 saturated carbocycles. The molecule has 0 radical (unpaired) electrons. The fraction of sp³-hybridized carbons (Fsp3) is 0.263. The van der Waals surface area contributed by atoms with E-state index in [-0.39, 0.29) is 11.9 Å². The molecule has 0 bridgehead atoms. The first-order valence-electron chi connectivity index (χ1n) is 8.39. The summed E-state index contributed by atoms with van der Waals surface area (Å²) in [6.45, 7) is 2.78. The van der Waals surface area contributed by atoms with Crippen molar-refractivity contribution >= 4 is 16.9 Å². The SMILES string of the molecule is COc1cc(C(=O)NC(C)c2nc3ccccc3[nH]2)cc2c1OCCO2. The fourth-order valence-electron chi connectivity index (χ4n) is 2.93. The predicted octanol–water partition coefficient (Wildman–Crippen LogP) is 2.83. The zero-order chi connectivity index (χ0) is 18.1. The molecule has 1 amide bonds. The van der Waals surface area contributed by atoms with Crippen molar-refractivity contribution in [3.8, 4) is 17.2 Å². The maximum atomic E-state index is 12.7. The van der Waals surface area contributed by atoms with E-state index in [1.165, 1.54) is 7.11 Å². The van der Waals surface area contributed by atoms with Gasteiger partial charge in [0.2, 0.25) is 5.75 Å². The molecule has 1 aliphatic heterocycles. The highest BCUT2D eigenvalue weighted by Gasteiger charge is 2.22.